The Morgan fingerprint density at radius 2 is 1.33 bits per heavy atom. The third kappa shape index (κ3) is 10.3. The molecule has 1 aliphatic heterocycles. The van der Waals surface area contributed by atoms with Crippen LogP contribution in [0.2, 0.25) is 0 Å². The molecule has 0 fully saturated rings. The Hall–Kier alpha value is -4.81. The highest BCUT2D eigenvalue weighted by molar-refractivity contribution is 7.99. The lowest BCUT2D eigenvalue weighted by Gasteiger charge is -2.35. The van der Waals surface area contributed by atoms with Crippen LogP contribution in [0.15, 0.2) is 125 Å². The molecule has 0 saturated carbocycles. The van der Waals surface area contributed by atoms with Gasteiger partial charge in [-0.25, -0.2) is 9.59 Å². The number of aliphatic hydroxyl groups is 2. The van der Waals surface area contributed by atoms with Crippen molar-refractivity contribution in [3.05, 3.63) is 121 Å². The number of hydrogen-bond donors (Lipinski definition) is 4. The van der Waals surface area contributed by atoms with Crippen LogP contribution in [-0.4, -0.2) is 88.2 Å². The number of carboxylic acids is 2. The number of fused-ring (bicyclic) bond motifs is 2. The number of carbonyl (C=O) groups excluding carboxylic acids is 2. The standard InChI is InChI=1S/C18H22N2S.C15H12O2.C4H6O6/c1-14(12-19(2)3)13-20-15-8-4-6-10-17(15)21-18-11-7-5-9-16(18)20;1-2-13(11-6-4-3-5-7-11)14-10-12(16)8-9-15(14)17;5-1(3(7)8)2(6)4(9)10/h4-11,14H,12-13H2,1-3H3;2-10,13H,1H2;1-2,5-6H,(H,7,8)(H,9,10). The summed E-state index contributed by atoms with van der Waals surface area (Å²) in [6.45, 7) is 8.22. The van der Waals surface area contributed by atoms with E-state index in [1.165, 1.54) is 39.4 Å². The minimum Gasteiger partial charge on any atom is -0.479 e. The van der Waals surface area contributed by atoms with E-state index in [4.69, 9.17) is 20.4 Å². The summed E-state index contributed by atoms with van der Waals surface area (Å²) in [7, 11) is 4.29. The first kappa shape index (κ1) is 37.6. The van der Waals surface area contributed by atoms with Crippen LogP contribution in [0.3, 0.4) is 0 Å². The fourth-order valence-electron chi connectivity index (χ4n) is 5.11. The second-order valence-corrected chi connectivity index (χ2v) is 12.5. The van der Waals surface area contributed by atoms with Crippen LogP contribution >= 0.6 is 11.8 Å². The number of para-hydroxylation sites is 2. The summed E-state index contributed by atoms with van der Waals surface area (Å²) < 4.78 is 0. The summed E-state index contributed by atoms with van der Waals surface area (Å²) in [5.41, 5.74) is 4.13. The third-order valence-electron chi connectivity index (χ3n) is 7.22. The van der Waals surface area contributed by atoms with Crippen LogP contribution in [0.1, 0.15) is 18.4 Å². The number of anilines is 2. The lowest BCUT2D eigenvalue weighted by Crippen LogP contribution is -2.39. The highest BCUT2D eigenvalue weighted by atomic mass is 32.2. The maximum absolute atomic E-state index is 11.8. The van der Waals surface area contributed by atoms with Gasteiger partial charge in [-0.15, -0.1) is 6.58 Å². The highest BCUT2D eigenvalue weighted by Gasteiger charge is 2.29. The number of rotatable bonds is 10. The lowest BCUT2D eigenvalue weighted by atomic mass is 9.86. The molecular formula is C37H40N2O8S. The molecule has 0 spiro atoms. The Morgan fingerprint density at radius 1 is 0.833 bits per heavy atom. The van der Waals surface area contributed by atoms with Gasteiger partial charge in [0.15, 0.2) is 23.8 Å². The van der Waals surface area contributed by atoms with Crippen molar-refractivity contribution in [2.75, 3.05) is 32.1 Å². The van der Waals surface area contributed by atoms with Crippen LogP contribution in [0.5, 0.6) is 0 Å². The van der Waals surface area contributed by atoms with E-state index in [1.807, 2.05) is 42.1 Å². The van der Waals surface area contributed by atoms with E-state index in [0.29, 0.717) is 11.5 Å². The van der Waals surface area contributed by atoms with Crippen LogP contribution in [0.4, 0.5) is 11.4 Å². The van der Waals surface area contributed by atoms with Gasteiger partial charge in [-0.2, -0.15) is 0 Å². The van der Waals surface area contributed by atoms with E-state index in [2.05, 4.69) is 85.9 Å². The predicted octanol–water partition coefficient (Wildman–Crippen LogP) is 4.96. The van der Waals surface area contributed by atoms with Crippen LogP contribution in [0.25, 0.3) is 0 Å². The molecule has 0 saturated heterocycles. The number of carboxylic acid groups (broad SMARTS) is 2. The number of nitrogens with zero attached hydrogens (tertiary/aromatic N) is 2. The van der Waals surface area contributed by atoms with Gasteiger partial charge in [-0.05, 0) is 68.1 Å². The van der Waals surface area contributed by atoms with Gasteiger partial charge in [0.25, 0.3) is 0 Å². The number of aliphatic carboxylic acids is 2. The van der Waals surface area contributed by atoms with E-state index >= 15 is 0 Å². The second-order valence-electron chi connectivity index (χ2n) is 11.4. The maximum Gasteiger partial charge on any atom is 0.335 e. The molecule has 1 aliphatic carbocycles. The Morgan fingerprint density at radius 3 is 1.81 bits per heavy atom. The normalized spacial score (nSPS) is 15.6. The van der Waals surface area contributed by atoms with Gasteiger partial charge in [-0.1, -0.05) is 79.4 Å². The molecule has 0 radical (unpaired) electrons. The van der Waals surface area contributed by atoms with Crippen LogP contribution in [-0.2, 0) is 19.2 Å². The second kappa shape index (κ2) is 17.9. The number of allylic oxidation sites excluding steroid dienone is 5. The third-order valence-corrected chi connectivity index (χ3v) is 8.35. The van der Waals surface area contributed by atoms with E-state index in [0.717, 1.165) is 18.7 Å². The molecule has 3 aromatic carbocycles. The SMILES string of the molecule is C=CC(C1=CC(=O)C=CC1=O)c1ccccc1.CC(CN(C)C)CN1c2ccccc2Sc2ccccc21.O=C(O)C(O)C(O)C(=O)O. The van der Waals surface area contributed by atoms with Crippen molar-refractivity contribution < 1.29 is 39.6 Å². The average molecular weight is 673 g/mol. The molecule has 2 aliphatic rings. The largest absolute Gasteiger partial charge is 0.479 e. The van der Waals surface area contributed by atoms with E-state index < -0.39 is 24.1 Å². The molecule has 48 heavy (non-hydrogen) atoms. The van der Waals surface area contributed by atoms with Gasteiger partial charge in [0.05, 0.1) is 11.4 Å². The predicted molar refractivity (Wildman–Crippen MR) is 186 cm³/mol. The molecule has 4 unspecified atom stereocenters. The molecule has 11 heteroatoms. The molecule has 5 rings (SSSR count). The number of ketones is 2. The van der Waals surface area contributed by atoms with Gasteiger partial charge >= 0.3 is 11.9 Å². The smallest absolute Gasteiger partial charge is 0.335 e. The van der Waals surface area contributed by atoms with Gasteiger partial charge in [-0.3, -0.25) is 9.59 Å². The number of benzene rings is 3. The zero-order valence-electron chi connectivity index (χ0n) is 27.0. The fourth-order valence-corrected chi connectivity index (χ4v) is 6.21. The molecule has 0 aromatic heterocycles. The van der Waals surface area contributed by atoms with Gasteiger partial charge in [0.2, 0.25) is 0 Å². The zero-order valence-corrected chi connectivity index (χ0v) is 27.8. The lowest BCUT2D eigenvalue weighted by molar-refractivity contribution is -0.165. The quantitative estimate of drug-likeness (QED) is 0.171. The Balaban J connectivity index is 0.000000209. The average Bonchev–Trinajstić information content (AvgIpc) is 3.06. The summed E-state index contributed by atoms with van der Waals surface area (Å²) in [6.07, 6.45) is 1.15. The summed E-state index contributed by atoms with van der Waals surface area (Å²) in [5.74, 6) is -3.42. The molecule has 0 bridgehead atoms. The van der Waals surface area contributed by atoms with Gasteiger partial charge < -0.3 is 30.2 Å². The Labute approximate surface area is 284 Å². The summed E-state index contributed by atoms with van der Waals surface area (Å²) in [4.78, 5) is 50.1. The van der Waals surface area contributed by atoms with Crippen molar-refractivity contribution in [1.29, 1.82) is 0 Å². The van der Waals surface area contributed by atoms with Crippen molar-refractivity contribution in [2.45, 2.75) is 34.8 Å². The Kier molecular flexibility index (Phi) is 14.1. The summed E-state index contributed by atoms with van der Waals surface area (Å²) in [5, 5.41) is 32.5. The number of aliphatic hydroxyl groups excluding tert-OH is 2. The monoisotopic (exact) mass is 672 g/mol. The first-order valence-corrected chi connectivity index (χ1v) is 15.9. The molecule has 1 heterocycles. The van der Waals surface area contributed by atoms with Gasteiger partial charge in [0, 0.05) is 34.4 Å². The minimum atomic E-state index is -2.27. The zero-order chi connectivity index (χ0) is 35.4. The fraction of sp³-hybridized carbons (Fsp3) is 0.243. The maximum atomic E-state index is 11.8. The van der Waals surface area contributed by atoms with Crippen molar-refractivity contribution in [2.24, 2.45) is 5.92 Å². The molecule has 4 N–H and O–H groups in total. The van der Waals surface area contributed by atoms with E-state index in [1.54, 1.807) is 6.08 Å². The Bertz CT molecular complexity index is 1610. The highest BCUT2D eigenvalue weighted by Crippen LogP contribution is 2.48. The van der Waals surface area contributed by atoms with E-state index in [9.17, 15) is 19.2 Å². The molecule has 0 amide bonds. The van der Waals surface area contributed by atoms with Crippen molar-refractivity contribution in [3.63, 3.8) is 0 Å². The summed E-state index contributed by atoms with van der Waals surface area (Å²) in [6, 6.07) is 27.0. The van der Waals surface area contributed by atoms with E-state index in [-0.39, 0.29) is 17.5 Å². The number of hydrogen-bond acceptors (Lipinski definition) is 9. The molecular weight excluding hydrogens is 632 g/mol. The van der Waals surface area contributed by atoms with Crippen molar-refractivity contribution in [1.82, 2.24) is 4.90 Å². The molecule has 10 nitrogen and oxygen atoms in total. The van der Waals surface area contributed by atoms with Crippen molar-refractivity contribution >= 4 is 46.6 Å². The summed E-state index contributed by atoms with van der Waals surface area (Å²) >= 11 is 1.88. The molecule has 4 atom stereocenters. The molecule has 3 aromatic rings. The van der Waals surface area contributed by atoms with Gasteiger partial charge in [0.1, 0.15) is 0 Å². The number of carbonyl (C=O) groups is 4. The first-order valence-electron chi connectivity index (χ1n) is 15.1. The first-order chi connectivity index (χ1) is 22.8. The topological polar surface area (TPSA) is 156 Å². The van der Waals surface area contributed by atoms with Crippen LogP contribution in [0, 0.1) is 5.92 Å². The minimum absolute atomic E-state index is 0.127. The van der Waals surface area contributed by atoms with Crippen molar-refractivity contribution in [3.8, 4) is 0 Å². The van der Waals surface area contributed by atoms with Crippen LogP contribution < -0.4 is 4.90 Å². The molecule has 252 valence electrons.